The molecular weight excluding hydrogens is 509 g/mol. The summed E-state index contributed by atoms with van der Waals surface area (Å²) in [5.74, 6) is 0.569. The van der Waals surface area contributed by atoms with Gasteiger partial charge in [-0.05, 0) is 60.0 Å². The summed E-state index contributed by atoms with van der Waals surface area (Å²) in [7, 11) is 0. The van der Waals surface area contributed by atoms with E-state index in [1.807, 2.05) is 60.7 Å². The van der Waals surface area contributed by atoms with Crippen molar-refractivity contribution in [2.24, 2.45) is 5.10 Å². The predicted octanol–water partition coefficient (Wildman–Crippen LogP) is 7.38. The number of nitrogens with one attached hydrogen (secondary N) is 1. The summed E-state index contributed by atoms with van der Waals surface area (Å²) in [6.07, 6.45) is 1.66. The van der Waals surface area contributed by atoms with Crippen molar-refractivity contribution < 1.29 is 4.79 Å². The lowest BCUT2D eigenvalue weighted by Gasteiger charge is -2.23. The molecule has 0 spiro atoms. The number of rotatable bonds is 10. The van der Waals surface area contributed by atoms with E-state index in [0.717, 1.165) is 45.5 Å². The second kappa shape index (κ2) is 12.5. The largest absolute Gasteiger partial charge is 0.367 e. The third-order valence-corrected chi connectivity index (χ3v) is 8.34. The van der Waals surface area contributed by atoms with Crippen LogP contribution in [0.4, 0.5) is 5.69 Å². The van der Waals surface area contributed by atoms with Crippen molar-refractivity contribution in [2.45, 2.75) is 23.6 Å². The van der Waals surface area contributed by atoms with E-state index in [0.29, 0.717) is 5.56 Å². The molecule has 0 aliphatic heterocycles. The van der Waals surface area contributed by atoms with Crippen molar-refractivity contribution in [1.29, 1.82) is 0 Å². The lowest BCUT2D eigenvalue weighted by Crippen LogP contribution is -2.21. The van der Waals surface area contributed by atoms with E-state index in [4.69, 9.17) is 0 Å². The standard InChI is InChI=1S/C31H28N4OS2/c1-2-35(21-24-8-4-3-5-9-24)27-18-14-23(15-19-27)20-32-34-30(36)26-16-12-25(13-17-26)22-37-31-33-28-10-6-7-11-29(28)38-31/h3-20H,2,21-22H2,1H3,(H,34,36)/b32-20-. The highest BCUT2D eigenvalue weighted by Gasteiger charge is 2.08. The van der Waals surface area contributed by atoms with E-state index >= 15 is 0 Å². The first-order valence-corrected chi connectivity index (χ1v) is 14.3. The minimum absolute atomic E-state index is 0.233. The van der Waals surface area contributed by atoms with Crippen LogP contribution < -0.4 is 10.3 Å². The Bertz CT molecular complexity index is 1480. The molecule has 5 nitrogen and oxygen atoms in total. The number of thioether (sulfide) groups is 1. The van der Waals surface area contributed by atoms with Crippen LogP contribution in [0.1, 0.15) is 34.0 Å². The fraction of sp³-hybridized carbons (Fsp3) is 0.129. The van der Waals surface area contributed by atoms with Gasteiger partial charge in [-0.15, -0.1) is 11.3 Å². The number of hydrazone groups is 1. The molecule has 0 aliphatic carbocycles. The quantitative estimate of drug-likeness (QED) is 0.115. The maximum Gasteiger partial charge on any atom is 0.271 e. The van der Waals surface area contributed by atoms with Crippen molar-refractivity contribution in [2.75, 3.05) is 11.4 Å². The molecule has 7 heteroatoms. The Labute approximate surface area is 231 Å². The van der Waals surface area contributed by atoms with Gasteiger partial charge in [-0.3, -0.25) is 4.79 Å². The summed E-state index contributed by atoms with van der Waals surface area (Å²) in [6.45, 7) is 3.93. The maximum absolute atomic E-state index is 12.5. The smallest absolute Gasteiger partial charge is 0.271 e. The normalized spacial score (nSPS) is 11.2. The molecular formula is C31H28N4OS2. The molecule has 0 radical (unpaired) electrons. The fourth-order valence-electron chi connectivity index (χ4n) is 4.00. The van der Waals surface area contributed by atoms with Gasteiger partial charge in [0.25, 0.3) is 5.91 Å². The molecule has 0 aliphatic rings. The van der Waals surface area contributed by atoms with Crippen molar-refractivity contribution >= 4 is 51.1 Å². The Hall–Kier alpha value is -3.94. The number of thiazole rings is 1. The van der Waals surface area contributed by atoms with Crippen LogP contribution in [0.15, 0.2) is 113 Å². The van der Waals surface area contributed by atoms with Crippen LogP contribution >= 0.6 is 23.1 Å². The molecule has 0 saturated heterocycles. The molecule has 1 N–H and O–H groups in total. The Morgan fingerprint density at radius 3 is 2.39 bits per heavy atom. The van der Waals surface area contributed by atoms with Crippen LogP contribution in [0.5, 0.6) is 0 Å². The van der Waals surface area contributed by atoms with Gasteiger partial charge >= 0.3 is 0 Å². The van der Waals surface area contributed by atoms with Crippen molar-refractivity contribution in [3.63, 3.8) is 0 Å². The topological polar surface area (TPSA) is 57.6 Å². The summed E-state index contributed by atoms with van der Waals surface area (Å²) in [4.78, 5) is 19.5. The average Bonchev–Trinajstić information content (AvgIpc) is 3.39. The number of hydrogen-bond acceptors (Lipinski definition) is 6. The van der Waals surface area contributed by atoms with E-state index in [-0.39, 0.29) is 5.91 Å². The van der Waals surface area contributed by atoms with Gasteiger partial charge in [0.15, 0.2) is 4.34 Å². The van der Waals surface area contributed by atoms with Gasteiger partial charge in [0.05, 0.1) is 16.4 Å². The van der Waals surface area contributed by atoms with Crippen molar-refractivity contribution in [1.82, 2.24) is 10.4 Å². The van der Waals surface area contributed by atoms with Crippen LogP contribution in [-0.4, -0.2) is 23.7 Å². The Morgan fingerprint density at radius 1 is 0.921 bits per heavy atom. The minimum atomic E-state index is -0.233. The van der Waals surface area contributed by atoms with Gasteiger partial charge in [-0.2, -0.15) is 5.10 Å². The highest BCUT2D eigenvalue weighted by atomic mass is 32.2. The minimum Gasteiger partial charge on any atom is -0.367 e. The van der Waals surface area contributed by atoms with Gasteiger partial charge < -0.3 is 4.90 Å². The first-order valence-electron chi connectivity index (χ1n) is 12.5. The lowest BCUT2D eigenvalue weighted by molar-refractivity contribution is 0.0955. The number of carbonyl (C=O) groups is 1. The van der Waals surface area contributed by atoms with Gasteiger partial charge in [0.1, 0.15) is 0 Å². The number of amides is 1. The molecule has 38 heavy (non-hydrogen) atoms. The molecule has 0 atom stereocenters. The van der Waals surface area contributed by atoms with Crippen LogP contribution in [0.3, 0.4) is 0 Å². The number of carbonyl (C=O) groups excluding carboxylic acids is 1. The zero-order valence-electron chi connectivity index (χ0n) is 21.1. The van der Waals surface area contributed by atoms with Gasteiger partial charge in [-0.25, -0.2) is 10.4 Å². The monoisotopic (exact) mass is 536 g/mol. The SMILES string of the molecule is CCN(Cc1ccccc1)c1ccc(/C=N\NC(=O)c2ccc(CSc3nc4ccccc4s3)cc2)cc1. The summed E-state index contributed by atoms with van der Waals surface area (Å²) >= 11 is 3.41. The van der Waals surface area contributed by atoms with E-state index in [1.165, 1.54) is 10.3 Å². The number of benzene rings is 4. The zero-order valence-corrected chi connectivity index (χ0v) is 22.7. The molecule has 5 rings (SSSR count). The number of anilines is 1. The third-order valence-electron chi connectivity index (χ3n) is 6.09. The number of aromatic nitrogens is 1. The predicted molar refractivity (Wildman–Crippen MR) is 160 cm³/mol. The van der Waals surface area contributed by atoms with Gasteiger partial charge in [0.2, 0.25) is 0 Å². The highest BCUT2D eigenvalue weighted by Crippen LogP contribution is 2.31. The van der Waals surface area contributed by atoms with Crippen molar-refractivity contribution in [3.05, 3.63) is 125 Å². The Morgan fingerprint density at radius 2 is 1.66 bits per heavy atom. The molecule has 0 unspecified atom stereocenters. The van der Waals surface area contributed by atoms with Crippen molar-refractivity contribution in [3.8, 4) is 0 Å². The third kappa shape index (κ3) is 6.68. The Kier molecular flexibility index (Phi) is 8.48. The molecule has 0 saturated carbocycles. The van der Waals surface area contributed by atoms with E-state index in [9.17, 15) is 4.79 Å². The molecule has 1 amide bonds. The second-order valence-electron chi connectivity index (χ2n) is 8.72. The van der Waals surface area contributed by atoms with E-state index < -0.39 is 0 Å². The number of hydrogen-bond donors (Lipinski definition) is 1. The summed E-state index contributed by atoms with van der Waals surface area (Å²) in [5, 5.41) is 4.15. The number of para-hydroxylation sites is 1. The van der Waals surface area contributed by atoms with Crippen LogP contribution in [0, 0.1) is 0 Å². The molecule has 1 aromatic heterocycles. The number of fused-ring (bicyclic) bond motifs is 1. The first-order chi connectivity index (χ1) is 18.7. The molecule has 4 aromatic carbocycles. The van der Waals surface area contributed by atoms with Crippen LogP contribution in [0.25, 0.3) is 10.2 Å². The fourth-order valence-corrected chi connectivity index (χ4v) is 6.03. The molecule has 1 heterocycles. The van der Waals surface area contributed by atoms with Gasteiger partial charge in [-0.1, -0.05) is 78.5 Å². The average molecular weight is 537 g/mol. The second-order valence-corrected chi connectivity index (χ2v) is 11.0. The summed E-state index contributed by atoms with van der Waals surface area (Å²) in [6, 6.07) is 34.4. The molecule has 0 fully saturated rings. The Balaban J connectivity index is 1.11. The van der Waals surface area contributed by atoms with E-state index in [1.54, 1.807) is 29.3 Å². The number of nitrogens with zero attached hydrogens (tertiary/aromatic N) is 3. The zero-order chi connectivity index (χ0) is 26.2. The van der Waals surface area contributed by atoms with Gasteiger partial charge in [0, 0.05) is 30.1 Å². The molecule has 5 aromatic rings. The molecule has 190 valence electrons. The highest BCUT2D eigenvalue weighted by molar-refractivity contribution is 8.00. The summed E-state index contributed by atoms with van der Waals surface area (Å²) < 4.78 is 2.25. The van der Waals surface area contributed by atoms with Crippen LogP contribution in [-0.2, 0) is 12.3 Å². The lowest BCUT2D eigenvalue weighted by atomic mass is 10.1. The summed E-state index contributed by atoms with van der Waals surface area (Å²) in [5.41, 5.74) is 8.74. The maximum atomic E-state index is 12.5. The molecule has 0 bridgehead atoms. The van der Waals surface area contributed by atoms with Crippen LogP contribution in [0.2, 0.25) is 0 Å². The van der Waals surface area contributed by atoms with E-state index in [2.05, 4.69) is 69.8 Å². The first kappa shape index (κ1) is 25.7.